The van der Waals surface area contributed by atoms with Gasteiger partial charge in [-0.05, 0) is 38.7 Å². The van der Waals surface area contributed by atoms with Gasteiger partial charge in [-0.1, -0.05) is 36.8 Å². The highest BCUT2D eigenvalue weighted by Gasteiger charge is 2.40. The van der Waals surface area contributed by atoms with Gasteiger partial charge in [-0.3, -0.25) is 9.56 Å². The van der Waals surface area contributed by atoms with Crippen LogP contribution in [0.25, 0.3) is 0 Å². The van der Waals surface area contributed by atoms with E-state index in [1.54, 1.807) is 0 Å². The first kappa shape index (κ1) is 17.4. The topological polar surface area (TPSA) is 47.9 Å². The van der Waals surface area contributed by atoms with Gasteiger partial charge in [-0.15, -0.1) is 0 Å². The second kappa shape index (κ2) is 8.61. The smallest absolute Gasteiger partial charge is 0.308 e. The summed E-state index contributed by atoms with van der Waals surface area (Å²) < 4.78 is 24.2. The van der Waals surface area contributed by atoms with E-state index in [0.29, 0.717) is 19.8 Å². The van der Waals surface area contributed by atoms with Crippen LogP contribution >= 0.6 is 7.60 Å². The van der Waals surface area contributed by atoms with Crippen LogP contribution in [0.5, 0.6) is 0 Å². The molecule has 0 amide bonds. The zero-order valence-corrected chi connectivity index (χ0v) is 14.4. The molecule has 22 heavy (non-hydrogen) atoms. The highest BCUT2D eigenvalue weighted by molar-refractivity contribution is 7.55. The van der Waals surface area contributed by atoms with Crippen LogP contribution in [0.3, 0.4) is 0 Å². The molecule has 1 saturated carbocycles. The fourth-order valence-electron chi connectivity index (χ4n) is 2.86. The van der Waals surface area contributed by atoms with Gasteiger partial charge in [0.05, 0.1) is 25.4 Å². The van der Waals surface area contributed by atoms with Crippen molar-refractivity contribution >= 4 is 13.3 Å². The lowest BCUT2D eigenvalue weighted by atomic mass is 9.98. The van der Waals surface area contributed by atoms with Crippen molar-refractivity contribution in [1.29, 1.82) is 0 Å². The molecule has 0 heterocycles. The molecule has 2 rings (SSSR count). The molecule has 0 saturated heterocycles. The van der Waals surface area contributed by atoms with E-state index in [2.05, 4.69) is 12.1 Å². The third-order valence-electron chi connectivity index (χ3n) is 3.85. The van der Waals surface area contributed by atoms with E-state index < -0.39 is 7.60 Å². The minimum atomic E-state index is -3.10. The molecular formula is C17H26NO3P. The average molecular weight is 323 g/mol. The largest absolute Gasteiger partial charge is 0.339 e. The molecule has 1 fully saturated rings. The molecule has 1 aromatic rings. The summed E-state index contributed by atoms with van der Waals surface area (Å²) in [4.78, 5) is 4.75. The van der Waals surface area contributed by atoms with Crippen molar-refractivity contribution in [3.63, 3.8) is 0 Å². The van der Waals surface area contributed by atoms with Gasteiger partial charge in [0.1, 0.15) is 0 Å². The second-order valence-electron chi connectivity index (χ2n) is 5.43. The van der Waals surface area contributed by atoms with Gasteiger partial charge < -0.3 is 9.05 Å². The summed E-state index contributed by atoms with van der Waals surface area (Å²) >= 11 is 0. The summed E-state index contributed by atoms with van der Waals surface area (Å²) in [6.45, 7) is 5.15. The SMILES string of the molecule is CCOP(=O)(OCC)C1CCCCC1=NCc1ccccc1. The summed E-state index contributed by atoms with van der Waals surface area (Å²) in [7, 11) is -3.10. The third-order valence-corrected chi connectivity index (χ3v) is 6.41. The van der Waals surface area contributed by atoms with E-state index in [9.17, 15) is 4.57 Å². The minimum Gasteiger partial charge on any atom is -0.308 e. The summed E-state index contributed by atoms with van der Waals surface area (Å²) in [5.74, 6) is 0. The zero-order chi connectivity index (χ0) is 15.8. The van der Waals surface area contributed by atoms with Gasteiger partial charge in [0.15, 0.2) is 0 Å². The first-order valence-corrected chi connectivity index (χ1v) is 9.76. The second-order valence-corrected chi connectivity index (χ2v) is 7.65. The number of rotatable bonds is 7. The predicted octanol–water partition coefficient (Wildman–Crippen LogP) is 4.84. The van der Waals surface area contributed by atoms with Crippen molar-refractivity contribution in [2.75, 3.05) is 13.2 Å². The normalized spacial score (nSPS) is 21.2. The Bertz CT molecular complexity index is 520. The molecule has 0 aromatic heterocycles. The van der Waals surface area contributed by atoms with E-state index in [-0.39, 0.29) is 5.66 Å². The Kier molecular flexibility index (Phi) is 6.81. The molecule has 1 aromatic carbocycles. The fourth-order valence-corrected chi connectivity index (χ4v) is 5.08. The molecule has 1 unspecified atom stereocenters. The Morgan fingerprint density at radius 3 is 2.45 bits per heavy atom. The molecule has 0 N–H and O–H groups in total. The molecule has 0 aliphatic heterocycles. The monoisotopic (exact) mass is 323 g/mol. The van der Waals surface area contributed by atoms with Crippen LogP contribution in [0, 0.1) is 0 Å². The number of aliphatic imine (C=N–C) groups is 1. The Balaban J connectivity index is 2.17. The van der Waals surface area contributed by atoms with Crippen molar-refractivity contribution in [3.05, 3.63) is 35.9 Å². The molecule has 122 valence electrons. The number of hydrogen-bond acceptors (Lipinski definition) is 4. The number of benzene rings is 1. The van der Waals surface area contributed by atoms with Crippen LogP contribution < -0.4 is 0 Å². The predicted molar refractivity (Wildman–Crippen MR) is 90.7 cm³/mol. The van der Waals surface area contributed by atoms with Gasteiger partial charge in [0, 0.05) is 5.71 Å². The fraction of sp³-hybridized carbons (Fsp3) is 0.588. The van der Waals surface area contributed by atoms with Crippen LogP contribution in [0.2, 0.25) is 0 Å². The van der Waals surface area contributed by atoms with Crippen molar-refractivity contribution in [2.45, 2.75) is 51.7 Å². The van der Waals surface area contributed by atoms with E-state index >= 15 is 0 Å². The molecule has 0 spiro atoms. The van der Waals surface area contributed by atoms with Crippen molar-refractivity contribution in [3.8, 4) is 0 Å². The van der Waals surface area contributed by atoms with Gasteiger partial charge in [0.25, 0.3) is 0 Å². The summed E-state index contributed by atoms with van der Waals surface area (Å²) in [5, 5.41) is 0. The summed E-state index contributed by atoms with van der Waals surface area (Å²) in [6, 6.07) is 10.1. The molecule has 4 nitrogen and oxygen atoms in total. The lowest BCUT2D eigenvalue weighted by Crippen LogP contribution is -2.27. The van der Waals surface area contributed by atoms with Gasteiger partial charge in [-0.25, -0.2) is 0 Å². The highest BCUT2D eigenvalue weighted by Crippen LogP contribution is 2.56. The van der Waals surface area contributed by atoms with E-state index in [0.717, 1.165) is 31.4 Å². The minimum absolute atomic E-state index is 0.176. The first-order chi connectivity index (χ1) is 10.7. The highest BCUT2D eigenvalue weighted by atomic mass is 31.2. The Morgan fingerprint density at radius 2 is 1.82 bits per heavy atom. The lowest BCUT2D eigenvalue weighted by molar-refractivity contribution is 0.214. The third kappa shape index (κ3) is 4.52. The van der Waals surface area contributed by atoms with Gasteiger partial charge >= 0.3 is 7.60 Å². The molecule has 5 heteroatoms. The summed E-state index contributed by atoms with van der Waals surface area (Å²) in [6.07, 6.45) is 3.88. The Morgan fingerprint density at radius 1 is 1.14 bits per heavy atom. The first-order valence-electron chi connectivity index (χ1n) is 8.15. The molecule has 1 atom stereocenters. The maximum Gasteiger partial charge on any atom is 0.339 e. The van der Waals surface area contributed by atoms with Crippen LogP contribution in [-0.2, 0) is 20.2 Å². The standard InChI is InChI=1S/C17H26NO3P/c1-3-20-22(19,21-4-2)17-13-9-8-12-16(17)18-14-15-10-6-5-7-11-15/h5-7,10-11,17H,3-4,8-9,12-14H2,1-2H3. The average Bonchev–Trinajstić information content (AvgIpc) is 2.55. The van der Waals surface area contributed by atoms with Crippen molar-refractivity contribution in [1.82, 2.24) is 0 Å². The number of hydrogen-bond donors (Lipinski definition) is 0. The van der Waals surface area contributed by atoms with Crippen LogP contribution in [-0.4, -0.2) is 24.6 Å². The van der Waals surface area contributed by atoms with E-state index in [4.69, 9.17) is 14.0 Å². The van der Waals surface area contributed by atoms with E-state index in [1.807, 2.05) is 32.0 Å². The Hall–Kier alpha value is -0.960. The maximum atomic E-state index is 13.1. The summed E-state index contributed by atoms with van der Waals surface area (Å²) in [5.41, 5.74) is 1.99. The zero-order valence-electron chi connectivity index (χ0n) is 13.5. The van der Waals surface area contributed by atoms with Crippen LogP contribution in [0.1, 0.15) is 45.1 Å². The lowest BCUT2D eigenvalue weighted by Gasteiger charge is -2.30. The van der Waals surface area contributed by atoms with Gasteiger partial charge in [-0.2, -0.15) is 0 Å². The quantitative estimate of drug-likeness (QED) is 0.675. The van der Waals surface area contributed by atoms with E-state index in [1.165, 1.54) is 5.56 Å². The molecule has 0 bridgehead atoms. The molecular weight excluding hydrogens is 297 g/mol. The molecule has 0 radical (unpaired) electrons. The molecule has 1 aliphatic carbocycles. The van der Waals surface area contributed by atoms with Crippen LogP contribution in [0.4, 0.5) is 0 Å². The number of nitrogens with zero attached hydrogens (tertiary/aromatic N) is 1. The maximum absolute atomic E-state index is 13.1. The van der Waals surface area contributed by atoms with Crippen LogP contribution in [0.15, 0.2) is 35.3 Å². The van der Waals surface area contributed by atoms with Crippen molar-refractivity contribution in [2.24, 2.45) is 4.99 Å². The molecule has 1 aliphatic rings. The van der Waals surface area contributed by atoms with Crippen molar-refractivity contribution < 1.29 is 13.6 Å². The Labute approximate surface area is 133 Å². The van der Waals surface area contributed by atoms with Gasteiger partial charge in [0.2, 0.25) is 0 Å².